The van der Waals surface area contributed by atoms with Gasteiger partial charge in [0.2, 0.25) is 11.8 Å². The van der Waals surface area contributed by atoms with Gasteiger partial charge in [-0.1, -0.05) is 39.7 Å². The average molecular weight is 658 g/mol. The summed E-state index contributed by atoms with van der Waals surface area (Å²) in [6, 6.07) is 4.38. The van der Waals surface area contributed by atoms with Crippen LogP contribution in [0.15, 0.2) is 30.4 Å². The monoisotopic (exact) mass is 657 g/mol. The van der Waals surface area contributed by atoms with Crippen molar-refractivity contribution in [1.29, 1.82) is 0 Å². The molecule has 0 aromatic heterocycles. The Morgan fingerprint density at radius 1 is 0.957 bits per heavy atom. The number of carbonyl (C=O) groups excluding carboxylic acids is 8. The van der Waals surface area contributed by atoms with Crippen LogP contribution in [0.3, 0.4) is 0 Å². The van der Waals surface area contributed by atoms with Crippen LogP contribution in [-0.2, 0) is 49.5 Å². The van der Waals surface area contributed by atoms with Gasteiger partial charge in [-0.15, -0.1) is 0 Å². The van der Waals surface area contributed by atoms with E-state index in [2.05, 4.69) is 24.5 Å². The lowest BCUT2D eigenvalue weighted by Gasteiger charge is -2.17. The van der Waals surface area contributed by atoms with Crippen molar-refractivity contribution in [3.05, 3.63) is 35.9 Å². The summed E-state index contributed by atoms with van der Waals surface area (Å²) in [5.74, 6) is -1.99. The zero-order valence-electron chi connectivity index (χ0n) is 27.7. The molecule has 0 unspecified atom stereocenters. The molecule has 3 atom stereocenters. The molecule has 0 saturated carbocycles. The molecular weight excluding hydrogens is 610 g/mol. The number of ketones is 2. The zero-order chi connectivity index (χ0) is 35.4. The van der Waals surface area contributed by atoms with E-state index in [1.807, 2.05) is 6.07 Å². The van der Waals surface area contributed by atoms with E-state index in [9.17, 15) is 33.9 Å². The number of benzene rings is 1. The van der Waals surface area contributed by atoms with Gasteiger partial charge >= 0.3 is 6.15 Å². The number of phenolic OH excluding ortho intramolecular Hbond substituents is 1. The van der Waals surface area contributed by atoms with Gasteiger partial charge in [-0.3, -0.25) is 33.7 Å². The first-order valence-corrected chi connectivity index (χ1v) is 15.9. The Balaban J connectivity index is 0.00000354. The molecule has 13 nitrogen and oxygen atoms in total. The fraction of sp³-hybridized carbons (Fsp3) is 0.559. The first kappa shape index (κ1) is 40.5. The predicted molar refractivity (Wildman–Crippen MR) is 171 cm³/mol. The second kappa shape index (κ2) is 22.1. The molecule has 0 bridgehead atoms. The maximum Gasteiger partial charge on any atom is 0.373 e. The lowest BCUT2D eigenvalue weighted by atomic mass is 9.96. The minimum Gasteiger partial charge on any atom is -0.506 e. The van der Waals surface area contributed by atoms with E-state index in [1.54, 1.807) is 26.0 Å². The molecule has 3 N–H and O–H groups in total. The first-order valence-electron chi connectivity index (χ1n) is 15.9. The number of ether oxygens (including phenoxy) is 1. The second-order valence-electron chi connectivity index (χ2n) is 11.7. The summed E-state index contributed by atoms with van der Waals surface area (Å²) >= 11 is 0. The van der Waals surface area contributed by atoms with Gasteiger partial charge in [-0.25, -0.2) is 0 Å². The van der Waals surface area contributed by atoms with Crippen molar-refractivity contribution in [2.75, 3.05) is 25.1 Å². The molecule has 47 heavy (non-hydrogen) atoms. The molecule has 0 aliphatic carbocycles. The summed E-state index contributed by atoms with van der Waals surface area (Å²) in [7, 11) is 0. The molecule has 258 valence electrons. The highest BCUT2D eigenvalue weighted by Crippen LogP contribution is 2.27. The van der Waals surface area contributed by atoms with Crippen LogP contribution in [0, 0.1) is 11.8 Å². The third-order valence-electron chi connectivity index (χ3n) is 7.46. The van der Waals surface area contributed by atoms with E-state index in [-0.39, 0.29) is 73.6 Å². The maximum atomic E-state index is 12.8. The zero-order valence-corrected chi connectivity index (χ0v) is 27.7. The van der Waals surface area contributed by atoms with Crippen LogP contribution >= 0.6 is 0 Å². The molecule has 1 aromatic carbocycles. The molecule has 0 fully saturated rings. The number of imide groups is 1. The molecule has 1 heterocycles. The Hall–Kier alpha value is -4.48. The summed E-state index contributed by atoms with van der Waals surface area (Å²) in [5.41, 5.74) is 1.32. The van der Waals surface area contributed by atoms with Gasteiger partial charge in [0.25, 0.3) is 11.8 Å². The summed E-state index contributed by atoms with van der Waals surface area (Å²) in [6.07, 6.45) is 7.11. The van der Waals surface area contributed by atoms with Gasteiger partial charge in [-0.2, -0.15) is 9.59 Å². The summed E-state index contributed by atoms with van der Waals surface area (Å²) in [6.45, 7) is 8.12. The molecule has 2 rings (SSSR count). The summed E-state index contributed by atoms with van der Waals surface area (Å²) in [4.78, 5) is 90.0. The highest BCUT2D eigenvalue weighted by atomic mass is 16.5. The summed E-state index contributed by atoms with van der Waals surface area (Å²) < 4.78 is 5.44. The van der Waals surface area contributed by atoms with Crippen LogP contribution in [0.4, 0.5) is 5.69 Å². The van der Waals surface area contributed by atoms with Crippen molar-refractivity contribution < 1.29 is 48.2 Å². The SMILES string of the molecule is CCC[C@@H](C)Cc1ccc(O)c(NC(=O)[C@H](C)CC(=O)[C@H](C)NC(=O)CCOCCCC(=O)CCCN2C(=O)C=CC2=O)c1.O=C=O. The molecule has 0 radical (unpaired) electrons. The van der Waals surface area contributed by atoms with Crippen LogP contribution in [0.25, 0.3) is 0 Å². The minimum absolute atomic E-state index is 0.0102. The van der Waals surface area contributed by atoms with Gasteiger partial charge < -0.3 is 20.5 Å². The number of rotatable bonds is 21. The van der Waals surface area contributed by atoms with Gasteiger partial charge in [0.1, 0.15) is 11.5 Å². The predicted octanol–water partition coefficient (Wildman–Crippen LogP) is 3.29. The first-order chi connectivity index (χ1) is 22.3. The fourth-order valence-corrected chi connectivity index (χ4v) is 4.88. The quantitative estimate of drug-likeness (QED) is 0.100. The van der Waals surface area contributed by atoms with Gasteiger partial charge in [0.15, 0.2) is 5.78 Å². The lowest BCUT2D eigenvalue weighted by Crippen LogP contribution is -2.40. The average Bonchev–Trinajstić information content (AvgIpc) is 3.33. The van der Waals surface area contributed by atoms with Crippen LogP contribution in [0.2, 0.25) is 0 Å². The molecule has 0 spiro atoms. The normalized spacial score (nSPS) is 14.0. The van der Waals surface area contributed by atoms with Crippen LogP contribution in [0.5, 0.6) is 5.75 Å². The molecule has 1 aliphatic rings. The standard InChI is InChI=1S/C33H47N3O8.CO2/c1-5-8-22(2)19-25-11-12-28(38)27(21-25)35-33(43)23(3)20-29(39)24(4)34-30(40)15-18-44-17-7-10-26(37)9-6-16-36-31(41)13-14-32(36)42;2-1-3/h11-14,21-24,38H,5-10,15-20H2,1-4H3,(H,34,40)(H,35,43);/t22-,23-,24+;/m1./s1. The van der Waals surface area contributed by atoms with Crippen molar-refractivity contribution in [2.45, 2.75) is 91.5 Å². The van der Waals surface area contributed by atoms with Crippen LogP contribution < -0.4 is 10.6 Å². The van der Waals surface area contributed by atoms with E-state index in [0.717, 1.165) is 29.7 Å². The fourth-order valence-electron chi connectivity index (χ4n) is 4.88. The van der Waals surface area contributed by atoms with E-state index < -0.39 is 17.9 Å². The smallest absolute Gasteiger partial charge is 0.373 e. The number of carbonyl (C=O) groups is 6. The highest BCUT2D eigenvalue weighted by Gasteiger charge is 2.24. The number of hydrogen-bond acceptors (Lipinski definition) is 10. The Kier molecular flexibility index (Phi) is 19.1. The number of hydrogen-bond donors (Lipinski definition) is 3. The van der Waals surface area contributed by atoms with Crippen molar-refractivity contribution in [1.82, 2.24) is 10.2 Å². The van der Waals surface area contributed by atoms with Crippen molar-refractivity contribution in [3.8, 4) is 5.75 Å². The van der Waals surface area contributed by atoms with Gasteiger partial charge in [-0.05, 0) is 49.8 Å². The number of Topliss-reactive ketones (excluding diaryl/α,β-unsaturated/α-hetero) is 2. The van der Waals surface area contributed by atoms with Crippen LogP contribution in [-0.4, -0.2) is 77.2 Å². The largest absolute Gasteiger partial charge is 0.506 e. The van der Waals surface area contributed by atoms with Gasteiger partial charge in [0.05, 0.1) is 18.3 Å². The molecule has 0 saturated heterocycles. The highest BCUT2D eigenvalue weighted by molar-refractivity contribution is 6.12. The maximum absolute atomic E-state index is 12.8. The van der Waals surface area contributed by atoms with E-state index in [1.165, 1.54) is 12.2 Å². The van der Waals surface area contributed by atoms with Crippen molar-refractivity contribution in [2.24, 2.45) is 11.8 Å². The minimum atomic E-state index is -0.783. The van der Waals surface area contributed by atoms with Gasteiger partial charge in [0, 0.05) is 56.9 Å². The topological polar surface area (TPSA) is 193 Å². The molecule has 1 aromatic rings. The Labute approximate surface area is 275 Å². The van der Waals surface area contributed by atoms with E-state index in [0.29, 0.717) is 37.5 Å². The molecule has 13 heteroatoms. The molecule has 4 amide bonds. The number of amides is 4. The molecule has 1 aliphatic heterocycles. The number of anilines is 1. The Morgan fingerprint density at radius 2 is 1.60 bits per heavy atom. The van der Waals surface area contributed by atoms with E-state index >= 15 is 0 Å². The van der Waals surface area contributed by atoms with Crippen molar-refractivity contribution >= 4 is 47.0 Å². The second-order valence-corrected chi connectivity index (χ2v) is 11.7. The molecular formula is C34H47N3O10. The Bertz CT molecular complexity index is 1280. The number of nitrogens with zero attached hydrogens (tertiary/aromatic N) is 1. The number of phenols is 1. The van der Waals surface area contributed by atoms with E-state index in [4.69, 9.17) is 14.3 Å². The lowest BCUT2D eigenvalue weighted by molar-refractivity contribution is -0.191. The van der Waals surface area contributed by atoms with Crippen LogP contribution in [0.1, 0.15) is 84.6 Å². The third-order valence-corrected chi connectivity index (χ3v) is 7.46. The Morgan fingerprint density at radius 3 is 2.23 bits per heavy atom. The third kappa shape index (κ3) is 16.1. The summed E-state index contributed by atoms with van der Waals surface area (Å²) in [5, 5.41) is 15.6. The van der Waals surface area contributed by atoms with Crippen molar-refractivity contribution in [3.63, 3.8) is 0 Å². The number of nitrogens with one attached hydrogen (secondary N) is 2. The number of aromatic hydroxyl groups is 1.